The van der Waals surface area contributed by atoms with Gasteiger partial charge >= 0.3 is 0 Å². The normalized spacial score (nSPS) is 11.9. The van der Waals surface area contributed by atoms with E-state index in [4.69, 9.17) is 0 Å². The summed E-state index contributed by atoms with van der Waals surface area (Å²) in [7, 11) is 0. The van der Waals surface area contributed by atoms with Crippen LogP contribution in [0.3, 0.4) is 0 Å². The van der Waals surface area contributed by atoms with Crippen LogP contribution < -0.4 is 0 Å². The molecule has 1 unspecified atom stereocenters. The molecule has 1 N–H and O–H groups in total. The van der Waals surface area contributed by atoms with E-state index in [1.165, 1.54) is 6.92 Å². The molecule has 0 aliphatic rings. The summed E-state index contributed by atoms with van der Waals surface area (Å²) in [4.78, 5) is 23.8. The molecule has 2 aromatic rings. The van der Waals surface area contributed by atoms with Crippen molar-refractivity contribution in [1.82, 2.24) is 0 Å². The average Bonchev–Trinajstić information content (AvgIpc) is 2.46. The van der Waals surface area contributed by atoms with Gasteiger partial charge in [-0.1, -0.05) is 54.6 Å². The molecule has 0 heterocycles. The van der Waals surface area contributed by atoms with Crippen LogP contribution in [0.15, 0.2) is 54.6 Å². The number of Topliss-reactive ketones (excluding diaryl/α,β-unsaturated/α-hetero) is 2. The van der Waals surface area contributed by atoms with E-state index in [2.05, 4.69) is 0 Å². The zero-order valence-electron chi connectivity index (χ0n) is 10.5. The molecule has 0 aliphatic heterocycles. The third-order valence-electron chi connectivity index (χ3n) is 2.94. The number of benzene rings is 2. The van der Waals surface area contributed by atoms with Crippen molar-refractivity contribution in [2.45, 2.75) is 13.0 Å². The van der Waals surface area contributed by atoms with E-state index < -0.39 is 11.9 Å². The van der Waals surface area contributed by atoms with Crippen LogP contribution in [0.1, 0.15) is 39.3 Å². The van der Waals surface area contributed by atoms with Gasteiger partial charge in [0.25, 0.3) is 0 Å². The van der Waals surface area contributed by atoms with Crippen molar-refractivity contribution in [3.8, 4) is 0 Å². The number of carbonyl (C=O) groups excluding carboxylic acids is 2. The molecule has 0 saturated heterocycles. The van der Waals surface area contributed by atoms with Crippen molar-refractivity contribution in [3.05, 3.63) is 71.3 Å². The highest BCUT2D eigenvalue weighted by Crippen LogP contribution is 2.20. The van der Waals surface area contributed by atoms with Crippen molar-refractivity contribution in [3.63, 3.8) is 0 Å². The van der Waals surface area contributed by atoms with Crippen LogP contribution >= 0.6 is 0 Å². The van der Waals surface area contributed by atoms with Crippen LogP contribution in [0.2, 0.25) is 0 Å². The summed E-state index contributed by atoms with van der Waals surface area (Å²) in [5, 5.41) is 10.1. The Labute approximate surface area is 111 Å². The van der Waals surface area contributed by atoms with Gasteiger partial charge in [0.1, 0.15) is 6.10 Å². The zero-order valence-corrected chi connectivity index (χ0v) is 10.5. The van der Waals surface area contributed by atoms with E-state index in [0.29, 0.717) is 11.1 Å². The van der Waals surface area contributed by atoms with Crippen molar-refractivity contribution >= 4 is 11.6 Å². The van der Waals surface area contributed by atoms with Crippen LogP contribution in [0.4, 0.5) is 0 Å². The number of aliphatic hydroxyl groups excluding tert-OH is 1. The molecule has 0 bridgehead atoms. The minimum Gasteiger partial charge on any atom is -0.380 e. The molecule has 2 rings (SSSR count). The number of rotatable bonds is 4. The van der Waals surface area contributed by atoms with Gasteiger partial charge < -0.3 is 5.11 Å². The lowest BCUT2D eigenvalue weighted by Gasteiger charge is -2.12. The molecular formula is C16H14O3. The summed E-state index contributed by atoms with van der Waals surface area (Å²) in [5.74, 6) is -0.652. The lowest BCUT2D eigenvalue weighted by Crippen LogP contribution is -2.15. The van der Waals surface area contributed by atoms with Gasteiger partial charge in [-0.15, -0.1) is 0 Å². The molecule has 0 spiro atoms. The third-order valence-corrected chi connectivity index (χ3v) is 2.94. The first-order valence-electron chi connectivity index (χ1n) is 5.98. The van der Waals surface area contributed by atoms with Crippen molar-refractivity contribution in [2.24, 2.45) is 0 Å². The van der Waals surface area contributed by atoms with Gasteiger partial charge in [0.05, 0.1) is 0 Å². The molecule has 19 heavy (non-hydrogen) atoms. The van der Waals surface area contributed by atoms with Gasteiger partial charge in [-0.3, -0.25) is 9.59 Å². The molecule has 2 aromatic carbocycles. The highest BCUT2D eigenvalue weighted by Gasteiger charge is 2.22. The lowest BCUT2D eigenvalue weighted by molar-refractivity contribution is 0.0743. The highest BCUT2D eigenvalue weighted by molar-refractivity contribution is 6.09. The standard InChI is InChI=1S/C16H14O3/c1-11(17)13-9-5-6-10-14(13)16(19)15(18)12-7-3-2-4-8-12/h2-10,15,18H,1H3. The average molecular weight is 254 g/mol. The molecule has 3 heteroatoms. The fraction of sp³-hybridized carbons (Fsp3) is 0.125. The molecule has 0 aliphatic carbocycles. The fourth-order valence-corrected chi connectivity index (χ4v) is 1.94. The van der Waals surface area contributed by atoms with E-state index in [0.717, 1.165) is 0 Å². The molecule has 0 radical (unpaired) electrons. The molecule has 3 nitrogen and oxygen atoms in total. The summed E-state index contributed by atoms with van der Waals surface area (Å²) in [6.45, 7) is 1.40. The van der Waals surface area contributed by atoms with Gasteiger partial charge in [0.15, 0.2) is 11.6 Å². The smallest absolute Gasteiger partial charge is 0.196 e. The summed E-state index contributed by atoms with van der Waals surface area (Å²) < 4.78 is 0. The van der Waals surface area contributed by atoms with E-state index in [-0.39, 0.29) is 11.3 Å². The Morgan fingerprint density at radius 1 is 0.895 bits per heavy atom. The van der Waals surface area contributed by atoms with E-state index >= 15 is 0 Å². The van der Waals surface area contributed by atoms with Crippen LogP contribution in [0, 0.1) is 0 Å². The Kier molecular flexibility index (Phi) is 3.88. The maximum absolute atomic E-state index is 12.3. The predicted molar refractivity (Wildman–Crippen MR) is 72.2 cm³/mol. The first-order valence-corrected chi connectivity index (χ1v) is 5.98. The van der Waals surface area contributed by atoms with E-state index in [1.54, 1.807) is 48.5 Å². The molecule has 0 amide bonds. The Bertz CT molecular complexity index is 602. The molecule has 1 atom stereocenters. The van der Waals surface area contributed by atoms with Gasteiger partial charge in [-0.05, 0) is 12.5 Å². The van der Waals surface area contributed by atoms with Crippen LogP contribution in [-0.2, 0) is 0 Å². The van der Waals surface area contributed by atoms with Crippen molar-refractivity contribution in [1.29, 1.82) is 0 Å². The lowest BCUT2D eigenvalue weighted by atomic mass is 9.95. The quantitative estimate of drug-likeness (QED) is 0.853. The molecule has 0 saturated carbocycles. The van der Waals surface area contributed by atoms with Crippen molar-refractivity contribution in [2.75, 3.05) is 0 Å². The molecule has 0 aromatic heterocycles. The Balaban J connectivity index is 2.38. The Morgan fingerprint density at radius 3 is 2.00 bits per heavy atom. The third kappa shape index (κ3) is 2.77. The highest BCUT2D eigenvalue weighted by atomic mass is 16.3. The fourth-order valence-electron chi connectivity index (χ4n) is 1.94. The maximum Gasteiger partial charge on any atom is 0.196 e. The topological polar surface area (TPSA) is 54.4 Å². The van der Waals surface area contributed by atoms with Gasteiger partial charge in [0, 0.05) is 11.1 Å². The van der Waals surface area contributed by atoms with E-state index in [9.17, 15) is 14.7 Å². The second kappa shape index (κ2) is 5.59. The summed E-state index contributed by atoms with van der Waals surface area (Å²) in [5.41, 5.74) is 1.11. The Hall–Kier alpha value is -2.26. The van der Waals surface area contributed by atoms with E-state index in [1.807, 2.05) is 6.07 Å². The monoisotopic (exact) mass is 254 g/mol. The van der Waals surface area contributed by atoms with Crippen molar-refractivity contribution < 1.29 is 14.7 Å². The number of carbonyl (C=O) groups is 2. The van der Waals surface area contributed by atoms with Gasteiger partial charge in [-0.25, -0.2) is 0 Å². The van der Waals surface area contributed by atoms with Crippen LogP contribution in [-0.4, -0.2) is 16.7 Å². The second-order valence-electron chi connectivity index (χ2n) is 4.28. The predicted octanol–water partition coefficient (Wildman–Crippen LogP) is 2.81. The largest absolute Gasteiger partial charge is 0.380 e. The number of hydrogen-bond donors (Lipinski definition) is 1. The zero-order chi connectivity index (χ0) is 13.8. The summed E-state index contributed by atoms with van der Waals surface area (Å²) >= 11 is 0. The number of aliphatic hydroxyl groups is 1. The van der Waals surface area contributed by atoms with Crippen LogP contribution in [0.5, 0.6) is 0 Å². The molecule has 0 fully saturated rings. The SMILES string of the molecule is CC(=O)c1ccccc1C(=O)C(O)c1ccccc1. The first-order chi connectivity index (χ1) is 9.11. The molecule has 96 valence electrons. The minimum absolute atomic E-state index is 0.191. The summed E-state index contributed by atoms with van der Waals surface area (Å²) in [6.07, 6.45) is -1.25. The maximum atomic E-state index is 12.3. The van der Waals surface area contributed by atoms with Gasteiger partial charge in [0.2, 0.25) is 0 Å². The second-order valence-corrected chi connectivity index (χ2v) is 4.28. The molecular weight excluding hydrogens is 240 g/mol. The summed E-state index contributed by atoms with van der Waals surface area (Å²) in [6, 6.07) is 15.2. The minimum atomic E-state index is -1.25. The first kappa shape index (κ1) is 13.2. The van der Waals surface area contributed by atoms with Gasteiger partial charge in [-0.2, -0.15) is 0 Å². The number of ketones is 2. The number of hydrogen-bond acceptors (Lipinski definition) is 3. The Morgan fingerprint density at radius 2 is 1.42 bits per heavy atom. The van der Waals surface area contributed by atoms with Crippen LogP contribution in [0.25, 0.3) is 0 Å².